The Morgan fingerprint density at radius 1 is 1.18 bits per heavy atom. The van der Waals surface area contributed by atoms with Crippen LogP contribution in [0, 0.1) is 5.92 Å². The molecule has 0 aliphatic heterocycles. The fraction of sp³-hybridized carbons (Fsp3) is 0.500. The number of hydrogen-bond donors (Lipinski definition) is 4. The van der Waals surface area contributed by atoms with Gasteiger partial charge in [-0.15, -0.1) is 0 Å². The number of phenols is 1. The van der Waals surface area contributed by atoms with Crippen LogP contribution in [-0.4, -0.2) is 42.0 Å². The largest absolute Gasteiger partial charge is 0.508 e. The SMILES string of the molecule is CCCCNC(=O)COc1ccc2c(c1)C(N)C(C[C@H](O)COc1ccc(O)cc1)CCC2. The molecule has 0 spiro atoms. The third-order valence-corrected chi connectivity index (χ3v) is 6.08. The molecule has 0 saturated heterocycles. The summed E-state index contributed by atoms with van der Waals surface area (Å²) in [5, 5.41) is 22.8. The van der Waals surface area contributed by atoms with E-state index in [0.717, 1.165) is 37.7 Å². The fourth-order valence-corrected chi connectivity index (χ4v) is 4.21. The Balaban J connectivity index is 1.56. The van der Waals surface area contributed by atoms with E-state index in [4.69, 9.17) is 15.2 Å². The van der Waals surface area contributed by atoms with E-state index in [2.05, 4.69) is 12.2 Å². The van der Waals surface area contributed by atoms with Gasteiger partial charge in [-0.05, 0) is 85.5 Å². The molecule has 0 bridgehead atoms. The second kappa shape index (κ2) is 12.5. The highest BCUT2D eigenvalue weighted by atomic mass is 16.5. The van der Waals surface area contributed by atoms with Crippen LogP contribution < -0.4 is 20.5 Å². The van der Waals surface area contributed by atoms with Crippen molar-refractivity contribution in [2.75, 3.05) is 19.8 Å². The molecule has 0 radical (unpaired) electrons. The van der Waals surface area contributed by atoms with Crippen molar-refractivity contribution >= 4 is 5.91 Å². The van der Waals surface area contributed by atoms with E-state index in [0.29, 0.717) is 24.5 Å². The first kappa shape index (κ1) is 24.9. The number of aromatic hydroxyl groups is 1. The van der Waals surface area contributed by atoms with Gasteiger partial charge in [0.1, 0.15) is 23.9 Å². The van der Waals surface area contributed by atoms with Gasteiger partial charge < -0.3 is 30.7 Å². The van der Waals surface area contributed by atoms with E-state index in [1.165, 1.54) is 5.56 Å². The number of benzene rings is 2. The van der Waals surface area contributed by atoms with Crippen LogP contribution in [-0.2, 0) is 11.2 Å². The Kier molecular flexibility index (Phi) is 9.39. The lowest BCUT2D eigenvalue weighted by Gasteiger charge is -2.25. The number of phenolic OH excluding ortho intramolecular Hbond substituents is 1. The minimum atomic E-state index is -0.650. The maximum atomic E-state index is 11.9. The van der Waals surface area contributed by atoms with Crippen LogP contribution >= 0.6 is 0 Å². The molecule has 1 aliphatic rings. The standard InChI is InChI=1S/C26H36N2O5/c1-2-3-13-28-25(31)17-33-23-10-7-18-5-4-6-19(26(27)24(18)15-23)14-21(30)16-32-22-11-8-20(29)9-12-22/h7-12,15,19,21,26,29-30H,2-6,13-14,16-17,27H2,1H3,(H,28,31)/t19?,21-,26?/m0/s1. The summed E-state index contributed by atoms with van der Waals surface area (Å²) in [6.45, 7) is 2.89. The minimum absolute atomic E-state index is 0.0194. The molecule has 3 rings (SSSR count). The molecule has 0 heterocycles. The van der Waals surface area contributed by atoms with Gasteiger partial charge in [0.15, 0.2) is 6.61 Å². The molecular formula is C26H36N2O5. The highest BCUT2D eigenvalue weighted by Gasteiger charge is 2.27. The number of nitrogens with two attached hydrogens (primary N) is 1. The molecule has 5 N–H and O–H groups in total. The lowest BCUT2D eigenvalue weighted by atomic mass is 9.87. The molecule has 1 aliphatic carbocycles. The average Bonchev–Trinajstić information content (AvgIpc) is 2.96. The van der Waals surface area contributed by atoms with Crippen molar-refractivity contribution in [3.05, 3.63) is 53.6 Å². The van der Waals surface area contributed by atoms with Crippen LogP contribution in [0.4, 0.5) is 0 Å². The van der Waals surface area contributed by atoms with E-state index < -0.39 is 6.10 Å². The van der Waals surface area contributed by atoms with Crippen molar-refractivity contribution in [2.45, 2.75) is 57.6 Å². The van der Waals surface area contributed by atoms with Crippen LogP contribution in [0.2, 0.25) is 0 Å². The van der Waals surface area contributed by atoms with E-state index in [1.807, 2.05) is 18.2 Å². The van der Waals surface area contributed by atoms with Gasteiger partial charge in [0.25, 0.3) is 5.91 Å². The minimum Gasteiger partial charge on any atom is -0.508 e. The summed E-state index contributed by atoms with van der Waals surface area (Å²) in [4.78, 5) is 11.9. The second-order valence-corrected chi connectivity index (χ2v) is 8.73. The predicted octanol–water partition coefficient (Wildman–Crippen LogP) is 3.47. The van der Waals surface area contributed by atoms with Gasteiger partial charge in [-0.1, -0.05) is 19.4 Å². The number of unbranched alkanes of at least 4 members (excludes halogenated alkanes) is 1. The number of aryl methyl sites for hydroxylation is 1. The molecule has 2 aromatic carbocycles. The monoisotopic (exact) mass is 456 g/mol. The molecule has 2 aromatic rings. The van der Waals surface area contributed by atoms with Gasteiger partial charge in [-0.3, -0.25) is 4.79 Å². The highest BCUT2D eigenvalue weighted by molar-refractivity contribution is 5.77. The molecular weight excluding hydrogens is 420 g/mol. The van der Waals surface area contributed by atoms with Gasteiger partial charge in [0, 0.05) is 12.6 Å². The number of carbonyl (C=O) groups excluding carboxylic acids is 1. The molecule has 7 nitrogen and oxygen atoms in total. The Hall–Kier alpha value is -2.77. The summed E-state index contributed by atoms with van der Waals surface area (Å²) in [5.41, 5.74) is 8.87. The maximum absolute atomic E-state index is 11.9. The number of amides is 1. The maximum Gasteiger partial charge on any atom is 0.257 e. The van der Waals surface area contributed by atoms with Crippen LogP contribution in [0.25, 0.3) is 0 Å². The van der Waals surface area contributed by atoms with Crippen molar-refractivity contribution in [3.63, 3.8) is 0 Å². The van der Waals surface area contributed by atoms with Crippen molar-refractivity contribution in [2.24, 2.45) is 11.7 Å². The zero-order valence-electron chi connectivity index (χ0n) is 19.3. The molecule has 180 valence electrons. The van der Waals surface area contributed by atoms with E-state index >= 15 is 0 Å². The first-order valence-corrected chi connectivity index (χ1v) is 11.8. The molecule has 7 heteroatoms. The summed E-state index contributed by atoms with van der Waals surface area (Å²) >= 11 is 0. The van der Waals surface area contributed by atoms with E-state index in [-0.39, 0.29) is 36.8 Å². The summed E-state index contributed by atoms with van der Waals surface area (Å²) in [5.74, 6) is 1.38. The number of aliphatic hydroxyl groups excluding tert-OH is 1. The number of rotatable bonds is 11. The van der Waals surface area contributed by atoms with Crippen LogP contribution in [0.1, 0.15) is 56.2 Å². The van der Waals surface area contributed by atoms with Crippen molar-refractivity contribution < 1.29 is 24.5 Å². The first-order valence-electron chi connectivity index (χ1n) is 11.8. The highest BCUT2D eigenvalue weighted by Crippen LogP contribution is 2.36. The molecule has 0 fully saturated rings. The first-order chi connectivity index (χ1) is 16.0. The molecule has 1 amide bonds. The van der Waals surface area contributed by atoms with Crippen molar-refractivity contribution in [1.82, 2.24) is 5.32 Å². The third kappa shape index (κ3) is 7.65. The quantitative estimate of drug-likeness (QED) is 0.304. The zero-order valence-corrected chi connectivity index (χ0v) is 19.3. The number of hydrogen-bond acceptors (Lipinski definition) is 6. The summed E-state index contributed by atoms with van der Waals surface area (Å²) in [7, 11) is 0. The second-order valence-electron chi connectivity index (χ2n) is 8.73. The van der Waals surface area contributed by atoms with Gasteiger partial charge in [0.05, 0.1) is 6.10 Å². The molecule has 0 aromatic heterocycles. The van der Waals surface area contributed by atoms with Crippen LogP contribution in [0.15, 0.2) is 42.5 Å². The van der Waals surface area contributed by atoms with Gasteiger partial charge in [0.2, 0.25) is 0 Å². The number of nitrogens with one attached hydrogen (secondary N) is 1. The zero-order chi connectivity index (χ0) is 23.6. The lowest BCUT2D eigenvalue weighted by Crippen LogP contribution is -2.29. The van der Waals surface area contributed by atoms with Crippen molar-refractivity contribution in [1.29, 1.82) is 0 Å². The molecule has 2 unspecified atom stereocenters. The Labute approximate surface area is 195 Å². The Bertz CT molecular complexity index is 887. The smallest absolute Gasteiger partial charge is 0.257 e. The predicted molar refractivity (Wildman–Crippen MR) is 127 cm³/mol. The number of ether oxygens (including phenoxy) is 2. The lowest BCUT2D eigenvalue weighted by molar-refractivity contribution is -0.123. The van der Waals surface area contributed by atoms with E-state index in [9.17, 15) is 15.0 Å². The van der Waals surface area contributed by atoms with Crippen molar-refractivity contribution in [3.8, 4) is 17.2 Å². The third-order valence-electron chi connectivity index (χ3n) is 6.08. The van der Waals surface area contributed by atoms with Gasteiger partial charge in [-0.25, -0.2) is 0 Å². The molecule has 33 heavy (non-hydrogen) atoms. The van der Waals surface area contributed by atoms with E-state index in [1.54, 1.807) is 24.3 Å². The fourth-order valence-electron chi connectivity index (χ4n) is 4.21. The summed E-state index contributed by atoms with van der Waals surface area (Å²) in [6.07, 6.45) is 4.71. The number of aliphatic hydroxyl groups is 1. The molecule has 0 saturated carbocycles. The van der Waals surface area contributed by atoms with Gasteiger partial charge in [-0.2, -0.15) is 0 Å². The Morgan fingerprint density at radius 3 is 2.70 bits per heavy atom. The van der Waals surface area contributed by atoms with Crippen LogP contribution in [0.5, 0.6) is 17.2 Å². The normalized spacial score (nSPS) is 18.6. The summed E-state index contributed by atoms with van der Waals surface area (Å²) in [6, 6.07) is 12.1. The van der Waals surface area contributed by atoms with Crippen LogP contribution in [0.3, 0.4) is 0 Å². The van der Waals surface area contributed by atoms with Gasteiger partial charge >= 0.3 is 0 Å². The average molecular weight is 457 g/mol. The Morgan fingerprint density at radius 2 is 1.94 bits per heavy atom. The summed E-state index contributed by atoms with van der Waals surface area (Å²) < 4.78 is 11.4. The topological polar surface area (TPSA) is 114 Å². The number of carbonyl (C=O) groups is 1. The molecule has 3 atom stereocenters. The number of fused-ring (bicyclic) bond motifs is 1.